The molecular weight excluding hydrogens is 222 g/mol. The maximum Gasteiger partial charge on any atom is 0.0806 e. The van der Waals surface area contributed by atoms with Crippen LogP contribution in [0.25, 0.3) is 0 Å². The van der Waals surface area contributed by atoms with Gasteiger partial charge in [-0.15, -0.1) is 0 Å². The minimum absolute atomic E-state index is 0.159. The standard InChI is InChI=1S/C16H31NO/c1-15(2,3)11-12-18-16(9-5-4-6-10-16)13-17-14-7-8-14/h14,17H,4-13H2,1-3H3. The minimum Gasteiger partial charge on any atom is -0.374 e. The Kier molecular flexibility index (Phi) is 4.71. The van der Waals surface area contributed by atoms with E-state index >= 15 is 0 Å². The highest BCUT2D eigenvalue weighted by Crippen LogP contribution is 2.33. The van der Waals surface area contributed by atoms with Crippen LogP contribution in [-0.2, 0) is 4.74 Å². The van der Waals surface area contributed by atoms with E-state index in [4.69, 9.17) is 4.74 Å². The van der Waals surface area contributed by atoms with Gasteiger partial charge in [0.25, 0.3) is 0 Å². The summed E-state index contributed by atoms with van der Waals surface area (Å²) in [6.45, 7) is 8.91. The first-order valence-electron chi connectivity index (χ1n) is 7.87. The summed E-state index contributed by atoms with van der Waals surface area (Å²) in [5.74, 6) is 0. The van der Waals surface area contributed by atoms with E-state index < -0.39 is 0 Å². The van der Waals surface area contributed by atoms with Gasteiger partial charge in [-0.1, -0.05) is 40.0 Å². The van der Waals surface area contributed by atoms with Crippen LogP contribution in [-0.4, -0.2) is 24.8 Å². The molecule has 106 valence electrons. The van der Waals surface area contributed by atoms with Gasteiger partial charge in [-0.05, 0) is 37.5 Å². The molecule has 18 heavy (non-hydrogen) atoms. The average Bonchev–Trinajstić information content (AvgIpc) is 3.10. The molecule has 0 aromatic rings. The Morgan fingerprint density at radius 3 is 2.33 bits per heavy atom. The summed E-state index contributed by atoms with van der Waals surface area (Å²) in [4.78, 5) is 0. The molecule has 0 unspecified atom stereocenters. The van der Waals surface area contributed by atoms with Crippen molar-refractivity contribution in [1.82, 2.24) is 5.32 Å². The van der Waals surface area contributed by atoms with Gasteiger partial charge in [0, 0.05) is 19.2 Å². The minimum atomic E-state index is 0.159. The third-order valence-corrected chi connectivity index (χ3v) is 4.32. The first kappa shape index (κ1) is 14.3. The van der Waals surface area contributed by atoms with Gasteiger partial charge in [0.2, 0.25) is 0 Å². The van der Waals surface area contributed by atoms with Crippen molar-refractivity contribution in [2.75, 3.05) is 13.2 Å². The topological polar surface area (TPSA) is 21.3 Å². The van der Waals surface area contributed by atoms with Gasteiger partial charge in [-0.25, -0.2) is 0 Å². The van der Waals surface area contributed by atoms with Crippen LogP contribution in [0.4, 0.5) is 0 Å². The van der Waals surface area contributed by atoms with E-state index in [9.17, 15) is 0 Å². The van der Waals surface area contributed by atoms with Gasteiger partial charge in [0.1, 0.15) is 0 Å². The molecule has 0 heterocycles. The van der Waals surface area contributed by atoms with Gasteiger partial charge >= 0.3 is 0 Å². The van der Waals surface area contributed by atoms with Crippen LogP contribution in [0.5, 0.6) is 0 Å². The summed E-state index contributed by atoms with van der Waals surface area (Å²) >= 11 is 0. The lowest BCUT2D eigenvalue weighted by atomic mass is 9.84. The van der Waals surface area contributed by atoms with Crippen LogP contribution in [0.15, 0.2) is 0 Å². The summed E-state index contributed by atoms with van der Waals surface area (Å²) in [6, 6.07) is 0.801. The molecule has 0 aromatic carbocycles. The Bertz CT molecular complexity index is 246. The van der Waals surface area contributed by atoms with Crippen molar-refractivity contribution in [1.29, 1.82) is 0 Å². The summed E-state index contributed by atoms with van der Waals surface area (Å²) in [5.41, 5.74) is 0.547. The van der Waals surface area contributed by atoms with Crippen LogP contribution in [0.1, 0.15) is 72.1 Å². The van der Waals surface area contributed by atoms with Crippen LogP contribution in [0.2, 0.25) is 0 Å². The highest BCUT2D eigenvalue weighted by Gasteiger charge is 2.35. The second-order valence-corrected chi connectivity index (χ2v) is 7.56. The van der Waals surface area contributed by atoms with Crippen molar-refractivity contribution in [3.05, 3.63) is 0 Å². The molecule has 0 aliphatic heterocycles. The number of hydrogen-bond donors (Lipinski definition) is 1. The lowest BCUT2D eigenvalue weighted by molar-refractivity contribution is -0.0754. The van der Waals surface area contributed by atoms with E-state index in [1.165, 1.54) is 44.9 Å². The molecule has 0 atom stereocenters. The van der Waals surface area contributed by atoms with E-state index in [0.717, 1.165) is 25.6 Å². The molecule has 2 heteroatoms. The summed E-state index contributed by atoms with van der Waals surface area (Å²) in [7, 11) is 0. The van der Waals surface area contributed by atoms with E-state index in [2.05, 4.69) is 26.1 Å². The van der Waals surface area contributed by atoms with E-state index in [1.807, 2.05) is 0 Å². The van der Waals surface area contributed by atoms with Gasteiger partial charge in [-0.2, -0.15) is 0 Å². The summed E-state index contributed by atoms with van der Waals surface area (Å²) < 4.78 is 6.36. The largest absolute Gasteiger partial charge is 0.374 e. The molecular formula is C16H31NO. The lowest BCUT2D eigenvalue weighted by Crippen LogP contribution is -2.45. The lowest BCUT2D eigenvalue weighted by Gasteiger charge is -2.38. The van der Waals surface area contributed by atoms with Crippen molar-refractivity contribution < 1.29 is 4.74 Å². The summed E-state index contributed by atoms with van der Waals surface area (Å²) in [6.07, 6.45) is 10.5. The zero-order valence-corrected chi connectivity index (χ0v) is 12.6. The Balaban J connectivity index is 1.78. The van der Waals surface area contributed by atoms with Crippen LogP contribution in [0, 0.1) is 5.41 Å². The smallest absolute Gasteiger partial charge is 0.0806 e. The average molecular weight is 253 g/mol. The molecule has 0 spiro atoms. The zero-order valence-electron chi connectivity index (χ0n) is 12.6. The van der Waals surface area contributed by atoms with Crippen molar-refractivity contribution in [2.24, 2.45) is 5.41 Å². The van der Waals surface area contributed by atoms with Crippen molar-refractivity contribution in [3.8, 4) is 0 Å². The first-order valence-corrected chi connectivity index (χ1v) is 7.87. The molecule has 0 amide bonds. The van der Waals surface area contributed by atoms with Crippen molar-refractivity contribution >= 4 is 0 Å². The van der Waals surface area contributed by atoms with Gasteiger partial charge in [0.15, 0.2) is 0 Å². The third kappa shape index (κ3) is 4.89. The molecule has 0 saturated heterocycles. The molecule has 2 fully saturated rings. The fraction of sp³-hybridized carbons (Fsp3) is 1.00. The van der Waals surface area contributed by atoms with Gasteiger partial charge in [-0.3, -0.25) is 0 Å². The molecule has 0 bridgehead atoms. The maximum absolute atomic E-state index is 6.36. The van der Waals surface area contributed by atoms with E-state index in [1.54, 1.807) is 0 Å². The van der Waals surface area contributed by atoms with Crippen molar-refractivity contribution in [2.45, 2.75) is 83.8 Å². The highest BCUT2D eigenvalue weighted by molar-refractivity contribution is 4.91. The second-order valence-electron chi connectivity index (χ2n) is 7.56. The molecule has 0 radical (unpaired) electrons. The number of ether oxygens (including phenoxy) is 1. The second kappa shape index (κ2) is 5.92. The maximum atomic E-state index is 6.36. The van der Waals surface area contributed by atoms with E-state index in [0.29, 0.717) is 5.41 Å². The molecule has 2 aliphatic rings. The summed E-state index contributed by atoms with van der Waals surface area (Å²) in [5, 5.41) is 3.69. The Labute approximate surface area is 113 Å². The SMILES string of the molecule is CC(C)(C)CCOC1(CNC2CC2)CCCCC1. The fourth-order valence-corrected chi connectivity index (χ4v) is 2.76. The quantitative estimate of drug-likeness (QED) is 0.775. The van der Waals surface area contributed by atoms with Crippen LogP contribution < -0.4 is 5.32 Å². The molecule has 2 saturated carbocycles. The van der Waals surface area contributed by atoms with E-state index in [-0.39, 0.29) is 5.60 Å². The predicted octanol–water partition coefficient (Wildman–Crippen LogP) is 3.89. The molecule has 2 nitrogen and oxygen atoms in total. The van der Waals surface area contributed by atoms with Gasteiger partial charge in [0.05, 0.1) is 5.60 Å². The molecule has 1 N–H and O–H groups in total. The number of rotatable bonds is 6. The van der Waals surface area contributed by atoms with Gasteiger partial charge < -0.3 is 10.1 Å². The fourth-order valence-electron chi connectivity index (χ4n) is 2.76. The third-order valence-electron chi connectivity index (χ3n) is 4.32. The number of hydrogen-bond acceptors (Lipinski definition) is 2. The molecule has 0 aromatic heterocycles. The Hall–Kier alpha value is -0.0800. The zero-order chi connectivity index (χ0) is 13.1. The molecule has 2 rings (SSSR count). The number of nitrogens with one attached hydrogen (secondary N) is 1. The Morgan fingerprint density at radius 1 is 1.11 bits per heavy atom. The van der Waals surface area contributed by atoms with Crippen LogP contribution in [0.3, 0.4) is 0 Å². The van der Waals surface area contributed by atoms with Crippen molar-refractivity contribution in [3.63, 3.8) is 0 Å². The predicted molar refractivity (Wildman–Crippen MR) is 76.9 cm³/mol. The molecule has 2 aliphatic carbocycles. The monoisotopic (exact) mass is 253 g/mol. The first-order chi connectivity index (χ1) is 8.49. The Morgan fingerprint density at radius 2 is 1.78 bits per heavy atom. The highest BCUT2D eigenvalue weighted by atomic mass is 16.5. The normalized spacial score (nSPS) is 24.2. The van der Waals surface area contributed by atoms with Crippen LogP contribution >= 0.6 is 0 Å².